The fourth-order valence-corrected chi connectivity index (χ4v) is 2.59. The summed E-state index contributed by atoms with van der Waals surface area (Å²) >= 11 is 0. The van der Waals surface area contributed by atoms with Crippen molar-refractivity contribution in [3.8, 4) is 5.75 Å². The Morgan fingerprint density at radius 2 is 2.00 bits per heavy atom. The number of ether oxygens (including phenoxy) is 1. The summed E-state index contributed by atoms with van der Waals surface area (Å²) in [6, 6.07) is 7.90. The zero-order valence-electron chi connectivity index (χ0n) is 13.1. The molecule has 5 heteroatoms. The molecule has 1 aliphatic rings. The molecular formula is C16H25N3O2. The van der Waals surface area contributed by atoms with Crippen molar-refractivity contribution in [1.82, 2.24) is 15.1 Å². The van der Waals surface area contributed by atoms with E-state index in [4.69, 9.17) is 4.74 Å². The van der Waals surface area contributed by atoms with Gasteiger partial charge in [0.05, 0.1) is 13.7 Å². The predicted molar refractivity (Wildman–Crippen MR) is 83.2 cm³/mol. The van der Waals surface area contributed by atoms with E-state index in [9.17, 15) is 4.79 Å². The Balaban J connectivity index is 1.95. The Hall–Kier alpha value is -1.59. The Bertz CT molecular complexity index is 459. The third-order valence-electron chi connectivity index (χ3n) is 3.76. The second kappa shape index (κ2) is 7.43. The van der Waals surface area contributed by atoms with Crippen LogP contribution in [0.25, 0.3) is 0 Å². The minimum absolute atomic E-state index is 0.0113. The summed E-state index contributed by atoms with van der Waals surface area (Å²) in [5.74, 6) is 1.02. The smallest absolute Gasteiger partial charge is 0.238 e. The fourth-order valence-electron chi connectivity index (χ4n) is 2.59. The highest BCUT2D eigenvalue weighted by molar-refractivity contribution is 5.80. The van der Waals surface area contributed by atoms with Crippen molar-refractivity contribution in [2.45, 2.75) is 19.0 Å². The molecule has 5 nitrogen and oxygen atoms in total. The van der Waals surface area contributed by atoms with Gasteiger partial charge in [-0.3, -0.25) is 10.1 Å². The molecule has 0 bridgehead atoms. The summed E-state index contributed by atoms with van der Waals surface area (Å²) < 4.78 is 5.18. The van der Waals surface area contributed by atoms with Gasteiger partial charge in [-0.05, 0) is 51.2 Å². The fraction of sp³-hybridized carbons (Fsp3) is 0.562. The van der Waals surface area contributed by atoms with Gasteiger partial charge in [-0.15, -0.1) is 0 Å². The van der Waals surface area contributed by atoms with Crippen LogP contribution in [0.3, 0.4) is 0 Å². The Morgan fingerprint density at radius 3 is 2.62 bits per heavy atom. The summed E-state index contributed by atoms with van der Waals surface area (Å²) in [6.45, 7) is 2.28. The van der Waals surface area contributed by atoms with E-state index < -0.39 is 0 Å². The summed E-state index contributed by atoms with van der Waals surface area (Å²) in [5, 5.41) is 3.29. The van der Waals surface area contributed by atoms with Crippen molar-refractivity contribution >= 4 is 5.91 Å². The lowest BCUT2D eigenvalue weighted by Gasteiger charge is -2.25. The van der Waals surface area contributed by atoms with Crippen molar-refractivity contribution in [2.24, 2.45) is 0 Å². The second-order valence-electron chi connectivity index (χ2n) is 5.65. The van der Waals surface area contributed by atoms with E-state index in [2.05, 4.69) is 24.3 Å². The first-order valence-electron chi connectivity index (χ1n) is 7.43. The van der Waals surface area contributed by atoms with Crippen LogP contribution in [0.2, 0.25) is 0 Å². The number of unbranched alkanes of at least 4 members (excludes halogenated alkanes) is 1. The minimum Gasteiger partial charge on any atom is -0.497 e. The van der Waals surface area contributed by atoms with Crippen LogP contribution < -0.4 is 10.1 Å². The van der Waals surface area contributed by atoms with Crippen molar-refractivity contribution in [3.05, 3.63) is 29.8 Å². The standard InChI is InChI=1S/C16H25N3O2/c1-18(2)10-4-5-11-19-15(20)12-17-16(19)13-6-8-14(21-3)9-7-13/h6-9,16-17H,4-5,10-12H2,1-3H3. The molecule has 0 radical (unpaired) electrons. The topological polar surface area (TPSA) is 44.8 Å². The lowest BCUT2D eigenvalue weighted by Crippen LogP contribution is -2.31. The van der Waals surface area contributed by atoms with Crippen molar-refractivity contribution in [2.75, 3.05) is 40.8 Å². The monoisotopic (exact) mass is 291 g/mol. The molecule has 1 N–H and O–H groups in total. The van der Waals surface area contributed by atoms with Gasteiger partial charge in [-0.1, -0.05) is 12.1 Å². The first-order chi connectivity index (χ1) is 10.1. The van der Waals surface area contributed by atoms with Crippen LogP contribution in [0, 0.1) is 0 Å². The molecule has 1 saturated heterocycles. The average molecular weight is 291 g/mol. The van der Waals surface area contributed by atoms with Crippen LogP contribution >= 0.6 is 0 Å². The molecule has 21 heavy (non-hydrogen) atoms. The van der Waals surface area contributed by atoms with Gasteiger partial charge in [-0.25, -0.2) is 0 Å². The number of hydrogen-bond acceptors (Lipinski definition) is 4. The summed E-state index contributed by atoms with van der Waals surface area (Å²) in [6.07, 6.45) is 2.12. The number of nitrogens with one attached hydrogen (secondary N) is 1. The van der Waals surface area contributed by atoms with Crippen molar-refractivity contribution < 1.29 is 9.53 Å². The molecule has 0 aromatic heterocycles. The van der Waals surface area contributed by atoms with Gasteiger partial charge >= 0.3 is 0 Å². The van der Waals surface area contributed by atoms with E-state index in [0.29, 0.717) is 6.54 Å². The van der Waals surface area contributed by atoms with Crippen LogP contribution in [-0.4, -0.2) is 56.5 Å². The van der Waals surface area contributed by atoms with Gasteiger partial charge < -0.3 is 14.5 Å². The van der Waals surface area contributed by atoms with Crippen molar-refractivity contribution in [3.63, 3.8) is 0 Å². The molecule has 1 heterocycles. The molecule has 1 atom stereocenters. The van der Waals surface area contributed by atoms with E-state index in [-0.39, 0.29) is 12.1 Å². The van der Waals surface area contributed by atoms with Crippen LogP contribution in [0.1, 0.15) is 24.6 Å². The van der Waals surface area contributed by atoms with Crippen LogP contribution in [0.15, 0.2) is 24.3 Å². The maximum absolute atomic E-state index is 12.0. The molecular weight excluding hydrogens is 266 g/mol. The number of hydrogen-bond donors (Lipinski definition) is 1. The van der Waals surface area contributed by atoms with Crippen LogP contribution in [-0.2, 0) is 4.79 Å². The molecule has 1 aliphatic heterocycles. The third kappa shape index (κ3) is 4.19. The number of nitrogens with zero attached hydrogens (tertiary/aromatic N) is 2. The molecule has 116 valence electrons. The molecule has 0 saturated carbocycles. The molecule has 2 rings (SSSR count). The highest BCUT2D eigenvalue weighted by Gasteiger charge is 2.30. The quantitative estimate of drug-likeness (QED) is 0.773. The average Bonchev–Trinajstić information content (AvgIpc) is 2.85. The maximum atomic E-state index is 12.0. The lowest BCUT2D eigenvalue weighted by atomic mass is 10.1. The lowest BCUT2D eigenvalue weighted by molar-refractivity contribution is -0.128. The first-order valence-corrected chi connectivity index (χ1v) is 7.43. The number of methoxy groups -OCH3 is 1. The van der Waals surface area contributed by atoms with E-state index in [1.807, 2.05) is 29.2 Å². The zero-order chi connectivity index (χ0) is 15.2. The highest BCUT2D eigenvalue weighted by atomic mass is 16.5. The predicted octanol–water partition coefficient (Wildman–Crippen LogP) is 1.47. The molecule has 0 spiro atoms. The number of carbonyl (C=O) groups is 1. The van der Waals surface area contributed by atoms with E-state index in [1.54, 1.807) is 7.11 Å². The van der Waals surface area contributed by atoms with Gasteiger partial charge in [0.25, 0.3) is 0 Å². The molecule has 1 aromatic carbocycles. The Morgan fingerprint density at radius 1 is 1.29 bits per heavy atom. The largest absolute Gasteiger partial charge is 0.497 e. The van der Waals surface area contributed by atoms with Gasteiger partial charge in [-0.2, -0.15) is 0 Å². The minimum atomic E-state index is -0.0113. The van der Waals surface area contributed by atoms with Crippen molar-refractivity contribution in [1.29, 1.82) is 0 Å². The SMILES string of the molecule is COc1ccc(C2NCC(=O)N2CCCCN(C)C)cc1. The molecule has 1 amide bonds. The normalized spacial score (nSPS) is 18.6. The highest BCUT2D eigenvalue weighted by Crippen LogP contribution is 2.24. The molecule has 1 aromatic rings. The van der Waals surface area contributed by atoms with E-state index in [0.717, 1.165) is 37.2 Å². The van der Waals surface area contributed by atoms with Gasteiger partial charge in [0.1, 0.15) is 11.9 Å². The molecule has 0 aliphatic carbocycles. The van der Waals surface area contributed by atoms with Crippen LogP contribution in [0.4, 0.5) is 0 Å². The number of rotatable bonds is 7. The summed E-state index contributed by atoms with van der Waals surface area (Å²) in [7, 11) is 5.80. The molecule has 1 unspecified atom stereocenters. The van der Waals surface area contributed by atoms with Gasteiger partial charge in [0.2, 0.25) is 5.91 Å². The second-order valence-corrected chi connectivity index (χ2v) is 5.65. The summed E-state index contributed by atoms with van der Waals surface area (Å²) in [5.41, 5.74) is 1.11. The number of benzene rings is 1. The summed E-state index contributed by atoms with van der Waals surface area (Å²) in [4.78, 5) is 16.2. The molecule has 1 fully saturated rings. The number of carbonyl (C=O) groups excluding carboxylic acids is 1. The number of amides is 1. The Kier molecular flexibility index (Phi) is 5.59. The maximum Gasteiger partial charge on any atom is 0.238 e. The third-order valence-corrected chi connectivity index (χ3v) is 3.76. The van der Waals surface area contributed by atoms with Gasteiger partial charge in [0.15, 0.2) is 0 Å². The zero-order valence-corrected chi connectivity index (χ0v) is 13.1. The van der Waals surface area contributed by atoms with E-state index >= 15 is 0 Å². The van der Waals surface area contributed by atoms with Crippen LogP contribution in [0.5, 0.6) is 5.75 Å². The Labute approximate surface area is 126 Å². The van der Waals surface area contributed by atoms with Gasteiger partial charge in [0, 0.05) is 6.54 Å². The first kappa shape index (κ1) is 15.8. The van der Waals surface area contributed by atoms with E-state index in [1.165, 1.54) is 0 Å².